The summed E-state index contributed by atoms with van der Waals surface area (Å²) in [7, 11) is 0. The van der Waals surface area contributed by atoms with Gasteiger partial charge in [0.15, 0.2) is 0 Å². The maximum absolute atomic E-state index is 9.39. The molecule has 0 amide bonds. The smallest absolute Gasteiger partial charge is 0.0881 e. The van der Waals surface area contributed by atoms with Crippen LogP contribution in [0.15, 0.2) is 12.3 Å². The Kier molecular flexibility index (Phi) is 5.77. The summed E-state index contributed by atoms with van der Waals surface area (Å²) in [5, 5.41) is 13.0. The molecule has 0 radical (unpaired) electrons. The molecule has 0 aliphatic heterocycles. The van der Waals surface area contributed by atoms with E-state index in [1.807, 2.05) is 0 Å². The van der Waals surface area contributed by atoms with Gasteiger partial charge in [-0.05, 0) is 38.6 Å². The van der Waals surface area contributed by atoms with Crippen LogP contribution >= 0.6 is 0 Å². The Morgan fingerprint density at radius 1 is 1.33 bits per heavy atom. The van der Waals surface area contributed by atoms with Crippen LogP contribution in [-0.2, 0) is 0 Å². The molecule has 2 nitrogen and oxygen atoms in total. The molecule has 0 saturated heterocycles. The van der Waals surface area contributed by atoms with E-state index in [9.17, 15) is 5.11 Å². The van der Waals surface area contributed by atoms with Crippen LogP contribution in [-0.4, -0.2) is 17.7 Å². The number of unbranched alkanes of at least 4 members (excludes halogenated alkanes) is 1. The highest BCUT2D eigenvalue weighted by Gasteiger charge is 2.19. The van der Waals surface area contributed by atoms with Crippen molar-refractivity contribution in [2.75, 3.05) is 6.54 Å². The number of allylic oxidation sites excluding steroid dienone is 1. The lowest BCUT2D eigenvalue weighted by Crippen LogP contribution is -2.29. The Balaban J connectivity index is 2.23. The highest BCUT2D eigenvalue weighted by molar-refractivity contribution is 4.91. The molecule has 1 rings (SSSR count). The van der Waals surface area contributed by atoms with Gasteiger partial charge in [-0.3, -0.25) is 0 Å². The van der Waals surface area contributed by atoms with Gasteiger partial charge >= 0.3 is 0 Å². The molecule has 0 heterocycles. The van der Waals surface area contributed by atoms with Gasteiger partial charge in [0.25, 0.3) is 0 Å². The molecule has 1 fully saturated rings. The molecule has 2 heteroatoms. The summed E-state index contributed by atoms with van der Waals surface area (Å²) >= 11 is 0. The van der Waals surface area contributed by atoms with E-state index in [2.05, 4.69) is 18.8 Å². The van der Waals surface area contributed by atoms with E-state index in [0.29, 0.717) is 17.7 Å². The summed E-state index contributed by atoms with van der Waals surface area (Å²) in [6.07, 6.45) is 8.40. The van der Waals surface area contributed by atoms with E-state index in [4.69, 9.17) is 0 Å². The lowest BCUT2D eigenvalue weighted by molar-refractivity contribution is 0.311. The summed E-state index contributed by atoms with van der Waals surface area (Å²) in [6.45, 7) is 7.02. The third-order valence-electron chi connectivity index (χ3n) is 3.40. The van der Waals surface area contributed by atoms with Crippen LogP contribution in [0, 0.1) is 5.92 Å². The Morgan fingerprint density at radius 2 is 2.13 bits per heavy atom. The zero-order chi connectivity index (χ0) is 11.1. The second-order valence-electron chi connectivity index (χ2n) is 4.70. The van der Waals surface area contributed by atoms with Crippen LogP contribution in [0.25, 0.3) is 0 Å². The van der Waals surface area contributed by atoms with Gasteiger partial charge in [-0.15, -0.1) is 0 Å². The molecule has 0 aromatic heterocycles. The number of aliphatic hydroxyl groups excluding tert-OH is 1. The van der Waals surface area contributed by atoms with Crippen LogP contribution < -0.4 is 5.32 Å². The van der Waals surface area contributed by atoms with Crippen molar-refractivity contribution in [2.45, 2.75) is 57.9 Å². The second kappa shape index (κ2) is 6.89. The van der Waals surface area contributed by atoms with E-state index in [1.165, 1.54) is 32.1 Å². The van der Waals surface area contributed by atoms with Gasteiger partial charge in [-0.1, -0.05) is 26.3 Å². The van der Waals surface area contributed by atoms with Crippen molar-refractivity contribution in [3.8, 4) is 0 Å². The molecule has 88 valence electrons. The topological polar surface area (TPSA) is 32.3 Å². The first-order chi connectivity index (χ1) is 7.24. The summed E-state index contributed by atoms with van der Waals surface area (Å²) in [5.41, 5.74) is 0. The minimum absolute atomic E-state index is 0.350. The highest BCUT2D eigenvalue weighted by atomic mass is 16.3. The summed E-state index contributed by atoms with van der Waals surface area (Å²) < 4.78 is 0. The van der Waals surface area contributed by atoms with Gasteiger partial charge in [0.2, 0.25) is 0 Å². The van der Waals surface area contributed by atoms with E-state index >= 15 is 0 Å². The van der Waals surface area contributed by atoms with Crippen LogP contribution in [0.4, 0.5) is 0 Å². The standard InChI is InChI=1S/C13H25NO/c1-3-4-10-14-13-7-5-6-12(8-9-13)11(2)15/h12-15H,2-10H2,1H3. The Hall–Kier alpha value is -0.500. The average molecular weight is 211 g/mol. The molecule has 0 bridgehead atoms. The SMILES string of the molecule is C=C(O)C1CCCC(NCCCC)CC1. The summed E-state index contributed by atoms with van der Waals surface area (Å²) in [5.74, 6) is 0.743. The van der Waals surface area contributed by atoms with Gasteiger partial charge in [-0.25, -0.2) is 0 Å². The average Bonchev–Trinajstić information content (AvgIpc) is 2.44. The fourth-order valence-corrected chi connectivity index (χ4v) is 2.32. The quantitative estimate of drug-likeness (QED) is 0.415. The van der Waals surface area contributed by atoms with Crippen LogP contribution in [0.2, 0.25) is 0 Å². The molecular weight excluding hydrogens is 186 g/mol. The van der Waals surface area contributed by atoms with E-state index in [0.717, 1.165) is 19.4 Å². The van der Waals surface area contributed by atoms with Gasteiger partial charge in [0.1, 0.15) is 0 Å². The van der Waals surface area contributed by atoms with Crippen molar-refractivity contribution in [3.63, 3.8) is 0 Å². The molecule has 2 atom stereocenters. The maximum Gasteiger partial charge on any atom is 0.0881 e. The number of rotatable bonds is 5. The van der Waals surface area contributed by atoms with Crippen molar-refractivity contribution >= 4 is 0 Å². The second-order valence-corrected chi connectivity index (χ2v) is 4.70. The molecule has 2 N–H and O–H groups in total. The van der Waals surface area contributed by atoms with Crippen LogP contribution in [0.3, 0.4) is 0 Å². The highest BCUT2D eigenvalue weighted by Crippen LogP contribution is 2.26. The molecule has 0 aromatic carbocycles. The van der Waals surface area contributed by atoms with Crippen molar-refractivity contribution in [2.24, 2.45) is 5.92 Å². The molecule has 2 unspecified atom stereocenters. The lowest BCUT2D eigenvalue weighted by Gasteiger charge is -2.16. The summed E-state index contributed by atoms with van der Waals surface area (Å²) in [4.78, 5) is 0. The number of hydrogen-bond donors (Lipinski definition) is 2. The molecule has 1 aliphatic rings. The van der Waals surface area contributed by atoms with Crippen molar-refractivity contribution in [1.29, 1.82) is 0 Å². The zero-order valence-electron chi connectivity index (χ0n) is 9.97. The molecule has 0 spiro atoms. The monoisotopic (exact) mass is 211 g/mol. The third-order valence-corrected chi connectivity index (χ3v) is 3.40. The van der Waals surface area contributed by atoms with Crippen molar-refractivity contribution in [1.82, 2.24) is 5.32 Å². The fourth-order valence-electron chi connectivity index (χ4n) is 2.32. The van der Waals surface area contributed by atoms with Crippen LogP contribution in [0.1, 0.15) is 51.9 Å². The third kappa shape index (κ3) is 4.70. The van der Waals surface area contributed by atoms with E-state index in [1.54, 1.807) is 0 Å². The largest absolute Gasteiger partial charge is 0.513 e. The van der Waals surface area contributed by atoms with Gasteiger partial charge in [-0.2, -0.15) is 0 Å². The molecule has 15 heavy (non-hydrogen) atoms. The Bertz CT molecular complexity index is 191. The lowest BCUT2D eigenvalue weighted by atomic mass is 9.99. The van der Waals surface area contributed by atoms with Crippen molar-refractivity contribution < 1.29 is 5.11 Å². The van der Waals surface area contributed by atoms with Crippen LogP contribution in [0.5, 0.6) is 0 Å². The first-order valence-corrected chi connectivity index (χ1v) is 6.35. The summed E-state index contributed by atoms with van der Waals surface area (Å²) in [6, 6.07) is 0.667. The Labute approximate surface area is 93.8 Å². The fraction of sp³-hybridized carbons (Fsp3) is 0.846. The predicted molar refractivity (Wildman–Crippen MR) is 65.0 cm³/mol. The minimum atomic E-state index is 0.350. The first kappa shape index (κ1) is 12.6. The molecule has 1 saturated carbocycles. The minimum Gasteiger partial charge on any atom is -0.513 e. The van der Waals surface area contributed by atoms with Gasteiger partial charge in [0, 0.05) is 12.0 Å². The van der Waals surface area contributed by atoms with E-state index in [-0.39, 0.29) is 0 Å². The number of hydrogen-bond acceptors (Lipinski definition) is 2. The Morgan fingerprint density at radius 3 is 2.80 bits per heavy atom. The number of aliphatic hydroxyl groups is 1. The zero-order valence-corrected chi connectivity index (χ0v) is 9.97. The van der Waals surface area contributed by atoms with E-state index < -0.39 is 0 Å². The maximum atomic E-state index is 9.39. The molecular formula is C13H25NO. The molecule has 0 aromatic rings. The number of nitrogens with one attached hydrogen (secondary N) is 1. The van der Waals surface area contributed by atoms with Crippen molar-refractivity contribution in [3.05, 3.63) is 12.3 Å². The molecule has 1 aliphatic carbocycles. The predicted octanol–water partition coefficient (Wildman–Crippen LogP) is 3.40. The van der Waals surface area contributed by atoms with Gasteiger partial charge in [0.05, 0.1) is 5.76 Å². The normalized spacial score (nSPS) is 27.3. The first-order valence-electron chi connectivity index (χ1n) is 6.35. The van der Waals surface area contributed by atoms with Gasteiger partial charge < -0.3 is 10.4 Å².